The van der Waals surface area contributed by atoms with Crippen molar-refractivity contribution in [1.82, 2.24) is 5.32 Å². The van der Waals surface area contributed by atoms with Crippen LogP contribution in [0.15, 0.2) is 18.2 Å². The highest BCUT2D eigenvalue weighted by Gasteiger charge is 2.26. The van der Waals surface area contributed by atoms with Crippen molar-refractivity contribution in [3.63, 3.8) is 0 Å². The number of ether oxygens (including phenoxy) is 1. The van der Waals surface area contributed by atoms with Crippen molar-refractivity contribution in [1.29, 1.82) is 0 Å². The van der Waals surface area contributed by atoms with Crippen molar-refractivity contribution in [2.45, 2.75) is 65.8 Å². The van der Waals surface area contributed by atoms with E-state index in [9.17, 15) is 4.79 Å². The van der Waals surface area contributed by atoms with Gasteiger partial charge in [0.1, 0.15) is 5.00 Å². The highest BCUT2D eigenvalue weighted by molar-refractivity contribution is 7.80. The number of fused-ring (bicyclic) bond motifs is 1. The molecule has 0 aliphatic heterocycles. The third-order valence-corrected chi connectivity index (χ3v) is 6.80. The zero-order valence-corrected chi connectivity index (χ0v) is 19.3. The number of carbonyl (C=O) groups is 1. The van der Waals surface area contributed by atoms with E-state index < -0.39 is 0 Å². The Labute approximate surface area is 183 Å². The number of thiocarbonyl (C=S) groups is 1. The molecule has 4 nitrogen and oxygen atoms in total. The number of nitrogens with one attached hydrogen (secondary N) is 2. The molecule has 29 heavy (non-hydrogen) atoms. The third kappa shape index (κ3) is 5.17. The molecule has 1 aliphatic carbocycles. The van der Waals surface area contributed by atoms with Crippen molar-refractivity contribution in [3.8, 4) is 0 Å². The number of carbonyl (C=O) groups excluding carboxylic acids is 1. The number of hydrogen-bond acceptors (Lipinski definition) is 4. The first-order valence-corrected chi connectivity index (χ1v) is 11.6. The lowest BCUT2D eigenvalue weighted by Crippen LogP contribution is -2.31. The number of anilines is 1. The Balaban J connectivity index is 1.80. The van der Waals surface area contributed by atoms with Crippen LogP contribution in [0, 0.1) is 13.8 Å². The lowest BCUT2D eigenvalue weighted by molar-refractivity contribution is 0.0527. The molecule has 6 heteroatoms. The van der Waals surface area contributed by atoms with Gasteiger partial charge >= 0.3 is 5.97 Å². The molecule has 1 heterocycles. The van der Waals surface area contributed by atoms with Gasteiger partial charge in [-0.2, -0.15) is 0 Å². The molecule has 0 amide bonds. The predicted molar refractivity (Wildman–Crippen MR) is 125 cm³/mol. The lowest BCUT2D eigenvalue weighted by atomic mass is 10.0. The van der Waals surface area contributed by atoms with Gasteiger partial charge < -0.3 is 15.4 Å². The monoisotopic (exact) mass is 430 g/mol. The standard InChI is InChI=1S/C23H30N2O2S2/c1-5-27-22(26)20-17-9-7-6-8-10-19(17)29-21(20)25-23(28)24-16(4)18-13-14(2)11-12-15(18)3/h11-13,16H,5-10H2,1-4H3,(H2,24,25,28). The highest BCUT2D eigenvalue weighted by atomic mass is 32.1. The summed E-state index contributed by atoms with van der Waals surface area (Å²) >= 11 is 7.25. The second-order valence-electron chi connectivity index (χ2n) is 7.67. The van der Waals surface area contributed by atoms with E-state index in [1.54, 1.807) is 11.3 Å². The molecule has 1 aromatic heterocycles. The van der Waals surface area contributed by atoms with Crippen LogP contribution in [0.3, 0.4) is 0 Å². The molecule has 0 saturated heterocycles. The summed E-state index contributed by atoms with van der Waals surface area (Å²) in [6, 6.07) is 6.51. The normalized spacial score (nSPS) is 14.5. The number of esters is 1. The molecule has 0 spiro atoms. The molecule has 3 rings (SSSR count). The largest absolute Gasteiger partial charge is 0.462 e. The van der Waals surface area contributed by atoms with Gasteiger partial charge in [-0.05, 0) is 82.3 Å². The zero-order chi connectivity index (χ0) is 21.0. The molecule has 1 aliphatic rings. The lowest BCUT2D eigenvalue weighted by Gasteiger charge is -2.19. The van der Waals surface area contributed by atoms with Crippen LogP contribution in [-0.4, -0.2) is 17.7 Å². The summed E-state index contributed by atoms with van der Waals surface area (Å²) in [6.07, 6.45) is 5.44. The second-order valence-corrected chi connectivity index (χ2v) is 9.18. The summed E-state index contributed by atoms with van der Waals surface area (Å²) in [6.45, 7) is 8.52. The molecule has 0 radical (unpaired) electrons. The van der Waals surface area contributed by atoms with Crippen molar-refractivity contribution >= 4 is 39.6 Å². The minimum atomic E-state index is -0.250. The highest BCUT2D eigenvalue weighted by Crippen LogP contribution is 2.38. The van der Waals surface area contributed by atoms with E-state index in [4.69, 9.17) is 17.0 Å². The minimum absolute atomic E-state index is 0.0683. The fourth-order valence-corrected chi connectivity index (χ4v) is 5.52. The maximum Gasteiger partial charge on any atom is 0.341 e. The van der Waals surface area contributed by atoms with Gasteiger partial charge in [-0.25, -0.2) is 4.79 Å². The van der Waals surface area contributed by atoms with Crippen LogP contribution < -0.4 is 10.6 Å². The molecule has 156 valence electrons. The molecule has 0 bridgehead atoms. The quantitative estimate of drug-likeness (QED) is 0.354. The summed E-state index contributed by atoms with van der Waals surface area (Å²) in [4.78, 5) is 14.0. The van der Waals surface area contributed by atoms with Crippen LogP contribution in [-0.2, 0) is 17.6 Å². The van der Waals surface area contributed by atoms with E-state index in [0.29, 0.717) is 17.3 Å². The number of aryl methyl sites for hydroxylation is 3. The zero-order valence-electron chi connectivity index (χ0n) is 17.7. The molecule has 1 unspecified atom stereocenters. The Kier molecular flexibility index (Phi) is 7.30. The van der Waals surface area contributed by atoms with Gasteiger partial charge in [-0.1, -0.05) is 30.2 Å². The van der Waals surface area contributed by atoms with Crippen LogP contribution in [0.4, 0.5) is 5.00 Å². The average Bonchev–Trinajstić information content (AvgIpc) is 2.84. The Morgan fingerprint density at radius 3 is 2.76 bits per heavy atom. The molecule has 1 atom stereocenters. The molecule has 0 fully saturated rings. The molecule has 0 saturated carbocycles. The van der Waals surface area contributed by atoms with Crippen molar-refractivity contribution < 1.29 is 9.53 Å². The fourth-order valence-electron chi connectivity index (χ4n) is 3.89. The van der Waals surface area contributed by atoms with Gasteiger partial charge in [0, 0.05) is 4.88 Å². The molecular weight excluding hydrogens is 400 g/mol. The van der Waals surface area contributed by atoms with Gasteiger partial charge in [0.15, 0.2) is 5.11 Å². The Morgan fingerprint density at radius 1 is 1.24 bits per heavy atom. The maximum atomic E-state index is 12.7. The summed E-state index contributed by atoms with van der Waals surface area (Å²) in [5.41, 5.74) is 5.51. The van der Waals surface area contributed by atoms with Gasteiger partial charge in [0.05, 0.1) is 18.2 Å². The maximum absolute atomic E-state index is 12.7. The summed E-state index contributed by atoms with van der Waals surface area (Å²) in [5, 5.41) is 8.01. The van der Waals surface area contributed by atoms with Crippen LogP contribution in [0.1, 0.15) is 76.6 Å². The molecular formula is C23H30N2O2S2. The topological polar surface area (TPSA) is 50.4 Å². The van der Waals surface area contributed by atoms with E-state index in [-0.39, 0.29) is 12.0 Å². The van der Waals surface area contributed by atoms with E-state index in [1.165, 1.54) is 34.4 Å². The summed E-state index contributed by atoms with van der Waals surface area (Å²) < 4.78 is 5.36. The Bertz CT molecular complexity index is 905. The SMILES string of the molecule is CCOC(=O)c1c(NC(=S)NC(C)c2cc(C)ccc2C)sc2c1CCCCC2. The molecule has 2 aromatic rings. The predicted octanol–water partition coefficient (Wildman–Crippen LogP) is 5.86. The van der Waals surface area contributed by atoms with Gasteiger partial charge in [-0.3, -0.25) is 0 Å². The smallest absolute Gasteiger partial charge is 0.341 e. The van der Waals surface area contributed by atoms with Crippen LogP contribution in [0.2, 0.25) is 0 Å². The Morgan fingerprint density at radius 2 is 2.00 bits per heavy atom. The number of thiophene rings is 1. The minimum Gasteiger partial charge on any atom is -0.462 e. The number of rotatable bonds is 5. The van der Waals surface area contributed by atoms with Gasteiger partial charge in [0.2, 0.25) is 0 Å². The van der Waals surface area contributed by atoms with Crippen molar-refractivity contribution in [2.24, 2.45) is 0 Å². The van der Waals surface area contributed by atoms with Crippen LogP contribution in [0.5, 0.6) is 0 Å². The van der Waals surface area contributed by atoms with Gasteiger partial charge in [0.25, 0.3) is 0 Å². The van der Waals surface area contributed by atoms with E-state index >= 15 is 0 Å². The van der Waals surface area contributed by atoms with Crippen molar-refractivity contribution in [2.75, 3.05) is 11.9 Å². The van der Waals surface area contributed by atoms with Crippen LogP contribution >= 0.6 is 23.6 Å². The first-order valence-electron chi connectivity index (χ1n) is 10.4. The second kappa shape index (κ2) is 9.72. The van der Waals surface area contributed by atoms with E-state index in [2.05, 4.69) is 49.6 Å². The Hall–Kier alpha value is -1.92. The molecule has 2 N–H and O–H groups in total. The van der Waals surface area contributed by atoms with Gasteiger partial charge in [-0.15, -0.1) is 11.3 Å². The van der Waals surface area contributed by atoms with E-state index in [1.807, 2.05) is 6.92 Å². The van der Waals surface area contributed by atoms with Crippen molar-refractivity contribution in [3.05, 3.63) is 50.9 Å². The summed E-state index contributed by atoms with van der Waals surface area (Å²) in [5.74, 6) is -0.250. The summed E-state index contributed by atoms with van der Waals surface area (Å²) in [7, 11) is 0. The number of hydrogen-bond donors (Lipinski definition) is 2. The van der Waals surface area contributed by atoms with E-state index in [0.717, 1.165) is 29.8 Å². The first-order chi connectivity index (χ1) is 13.9. The average molecular weight is 431 g/mol. The third-order valence-electron chi connectivity index (χ3n) is 5.38. The first kappa shape index (κ1) is 21.8. The fraction of sp³-hybridized carbons (Fsp3) is 0.478. The van der Waals surface area contributed by atoms with Crippen LogP contribution in [0.25, 0.3) is 0 Å². The number of benzene rings is 1. The molecule has 1 aromatic carbocycles.